The molecule has 4 nitrogen and oxygen atoms in total. The van der Waals surface area contributed by atoms with Crippen LogP contribution >= 0.6 is 0 Å². The summed E-state index contributed by atoms with van der Waals surface area (Å²) in [6.07, 6.45) is 1.49. The maximum atomic E-state index is 12.9. The molecule has 4 rings (SSSR count). The van der Waals surface area contributed by atoms with Crippen molar-refractivity contribution in [3.8, 4) is 0 Å². The van der Waals surface area contributed by atoms with Gasteiger partial charge in [0.05, 0.1) is 6.04 Å². The number of hydrogen-bond donors (Lipinski definition) is 1. The van der Waals surface area contributed by atoms with E-state index in [0.29, 0.717) is 12.5 Å². The maximum Gasteiger partial charge on any atom is 0.282 e. The van der Waals surface area contributed by atoms with Gasteiger partial charge in [-0.15, -0.1) is 0 Å². The summed E-state index contributed by atoms with van der Waals surface area (Å²) < 4.78 is 27.4. The molecule has 0 saturated heterocycles. The van der Waals surface area contributed by atoms with Crippen molar-refractivity contribution in [2.45, 2.75) is 57.5 Å². The molecule has 1 amide bonds. The third kappa shape index (κ3) is 3.43. The predicted molar refractivity (Wildman–Crippen MR) is 89.8 cm³/mol. The van der Waals surface area contributed by atoms with E-state index in [1.54, 1.807) is 0 Å². The number of nitrogens with one attached hydrogen (secondary N) is 1. The number of carbonyl (C=O) groups is 1. The second kappa shape index (κ2) is 6.24. The third-order valence-corrected chi connectivity index (χ3v) is 4.86. The van der Waals surface area contributed by atoms with Gasteiger partial charge in [-0.1, -0.05) is 23.8 Å². The van der Waals surface area contributed by atoms with Crippen molar-refractivity contribution >= 4 is 5.91 Å². The summed E-state index contributed by atoms with van der Waals surface area (Å²) in [4.78, 5) is 12.6. The van der Waals surface area contributed by atoms with E-state index >= 15 is 0 Å². The van der Waals surface area contributed by atoms with E-state index in [2.05, 4.69) is 28.6 Å². The zero-order valence-electron chi connectivity index (χ0n) is 14.1. The molecule has 2 aromatic rings. The summed E-state index contributed by atoms with van der Waals surface area (Å²) in [5.74, 6) is 0.254. The first-order chi connectivity index (χ1) is 12.0. The lowest BCUT2D eigenvalue weighted by atomic mass is 10.0. The van der Waals surface area contributed by atoms with Gasteiger partial charge in [-0.3, -0.25) is 9.48 Å². The van der Waals surface area contributed by atoms with E-state index in [9.17, 15) is 13.6 Å². The molecule has 1 heterocycles. The summed E-state index contributed by atoms with van der Waals surface area (Å²) in [6.45, 7) is 2.44. The van der Waals surface area contributed by atoms with Crippen molar-refractivity contribution in [2.75, 3.05) is 0 Å². The Morgan fingerprint density at radius 2 is 2.04 bits per heavy atom. The van der Waals surface area contributed by atoms with Gasteiger partial charge < -0.3 is 5.32 Å². The van der Waals surface area contributed by atoms with Gasteiger partial charge >= 0.3 is 0 Å². The van der Waals surface area contributed by atoms with Crippen LogP contribution in [0, 0.1) is 6.92 Å². The highest BCUT2D eigenvalue weighted by molar-refractivity contribution is 5.92. The fraction of sp³-hybridized carbons (Fsp3) is 0.474. The Kier molecular flexibility index (Phi) is 4.06. The lowest BCUT2D eigenvalue weighted by Crippen LogP contribution is -2.26. The Morgan fingerprint density at radius 3 is 2.68 bits per heavy atom. The number of carbonyl (C=O) groups excluding carboxylic acids is 1. The topological polar surface area (TPSA) is 46.9 Å². The second-order valence-electron chi connectivity index (χ2n) is 7.09. The molecule has 6 heteroatoms. The molecule has 132 valence electrons. The average Bonchev–Trinajstić information content (AvgIpc) is 3.50. The number of rotatable bonds is 6. The summed E-state index contributed by atoms with van der Waals surface area (Å²) in [7, 11) is 0. The van der Waals surface area contributed by atoms with Gasteiger partial charge in [0.15, 0.2) is 0 Å². The molecule has 1 aromatic carbocycles. The Labute approximate surface area is 145 Å². The van der Waals surface area contributed by atoms with Crippen LogP contribution in [0.1, 0.15) is 76.9 Å². The molecular weight excluding hydrogens is 324 g/mol. The highest BCUT2D eigenvalue weighted by atomic mass is 19.3. The van der Waals surface area contributed by atoms with E-state index in [4.69, 9.17) is 0 Å². The van der Waals surface area contributed by atoms with Gasteiger partial charge in [0.2, 0.25) is 0 Å². The summed E-state index contributed by atoms with van der Waals surface area (Å²) >= 11 is 0. The van der Waals surface area contributed by atoms with Crippen molar-refractivity contribution in [3.05, 3.63) is 52.3 Å². The standard InChI is InChI=1S/C19H21F2N3O/c1-11-2-7-15(12-3-4-12)13(8-11)10-22-19(25)17-9-16(18(20)21)23-24(17)14-5-6-14/h2,7-9,12,14,18H,3-6,10H2,1H3,(H,22,25). The quantitative estimate of drug-likeness (QED) is 0.850. The minimum absolute atomic E-state index is 0.0780. The molecule has 2 saturated carbocycles. The number of alkyl halides is 2. The first-order valence-electron chi connectivity index (χ1n) is 8.78. The molecule has 0 aliphatic heterocycles. The normalized spacial score (nSPS) is 17.1. The predicted octanol–water partition coefficient (Wildman–Crippen LogP) is 4.27. The molecule has 1 N–H and O–H groups in total. The van der Waals surface area contributed by atoms with Crippen molar-refractivity contribution in [1.82, 2.24) is 15.1 Å². The van der Waals surface area contributed by atoms with E-state index in [-0.39, 0.29) is 23.3 Å². The van der Waals surface area contributed by atoms with Gasteiger partial charge in [0.25, 0.3) is 12.3 Å². The monoisotopic (exact) mass is 345 g/mol. The van der Waals surface area contributed by atoms with Crippen LogP contribution in [-0.4, -0.2) is 15.7 Å². The van der Waals surface area contributed by atoms with E-state index in [0.717, 1.165) is 24.0 Å². The molecule has 2 aliphatic carbocycles. The Balaban J connectivity index is 1.52. The molecule has 0 atom stereocenters. The Morgan fingerprint density at radius 1 is 1.28 bits per heavy atom. The molecule has 2 fully saturated rings. The van der Waals surface area contributed by atoms with Crippen LogP contribution in [0.4, 0.5) is 8.78 Å². The van der Waals surface area contributed by atoms with Crippen molar-refractivity contribution < 1.29 is 13.6 Å². The van der Waals surface area contributed by atoms with Crippen LogP contribution in [0.2, 0.25) is 0 Å². The van der Waals surface area contributed by atoms with Crippen molar-refractivity contribution in [1.29, 1.82) is 0 Å². The van der Waals surface area contributed by atoms with Crippen LogP contribution in [0.3, 0.4) is 0 Å². The average molecular weight is 345 g/mol. The van der Waals surface area contributed by atoms with Crippen LogP contribution in [0.5, 0.6) is 0 Å². The first kappa shape index (κ1) is 16.2. The van der Waals surface area contributed by atoms with E-state index in [1.165, 1.54) is 29.2 Å². The number of amides is 1. The summed E-state index contributed by atoms with van der Waals surface area (Å²) in [6, 6.07) is 7.62. The SMILES string of the molecule is Cc1ccc(C2CC2)c(CNC(=O)c2cc(C(F)F)nn2C2CC2)c1. The molecule has 0 unspecified atom stereocenters. The van der Waals surface area contributed by atoms with Gasteiger partial charge in [0, 0.05) is 6.54 Å². The zero-order chi connectivity index (χ0) is 17.6. The van der Waals surface area contributed by atoms with Crippen molar-refractivity contribution in [3.63, 3.8) is 0 Å². The fourth-order valence-corrected chi connectivity index (χ4v) is 3.23. The third-order valence-electron chi connectivity index (χ3n) is 4.86. The van der Waals surface area contributed by atoms with Gasteiger partial charge in [-0.2, -0.15) is 5.10 Å². The highest BCUT2D eigenvalue weighted by Crippen LogP contribution is 2.42. The van der Waals surface area contributed by atoms with Gasteiger partial charge in [-0.25, -0.2) is 8.78 Å². The minimum Gasteiger partial charge on any atom is -0.347 e. The summed E-state index contributed by atoms with van der Waals surface area (Å²) in [5.41, 5.74) is 3.46. The van der Waals surface area contributed by atoms with Crippen LogP contribution in [0.25, 0.3) is 0 Å². The lowest BCUT2D eigenvalue weighted by molar-refractivity contribution is 0.0939. The molecule has 0 bridgehead atoms. The number of aromatic nitrogens is 2. The van der Waals surface area contributed by atoms with Crippen molar-refractivity contribution in [2.24, 2.45) is 0 Å². The van der Waals surface area contributed by atoms with E-state index in [1.807, 2.05) is 6.92 Å². The number of aryl methyl sites for hydroxylation is 1. The molecule has 0 radical (unpaired) electrons. The largest absolute Gasteiger partial charge is 0.347 e. The number of halogens is 2. The molecule has 0 spiro atoms. The van der Waals surface area contributed by atoms with E-state index < -0.39 is 6.43 Å². The minimum atomic E-state index is -2.66. The van der Waals surface area contributed by atoms with Gasteiger partial charge in [-0.05, 0) is 55.7 Å². The number of benzene rings is 1. The van der Waals surface area contributed by atoms with Crippen LogP contribution in [0.15, 0.2) is 24.3 Å². The van der Waals surface area contributed by atoms with Crippen LogP contribution in [-0.2, 0) is 6.54 Å². The van der Waals surface area contributed by atoms with Crippen LogP contribution < -0.4 is 5.32 Å². The number of hydrogen-bond acceptors (Lipinski definition) is 2. The number of nitrogens with zero attached hydrogens (tertiary/aromatic N) is 2. The second-order valence-corrected chi connectivity index (χ2v) is 7.09. The Bertz CT molecular complexity index is 807. The maximum absolute atomic E-state index is 12.9. The highest BCUT2D eigenvalue weighted by Gasteiger charge is 2.31. The van der Waals surface area contributed by atoms with Gasteiger partial charge in [0.1, 0.15) is 11.4 Å². The summed E-state index contributed by atoms with van der Waals surface area (Å²) in [5, 5.41) is 6.82. The molecule has 1 aromatic heterocycles. The fourth-order valence-electron chi connectivity index (χ4n) is 3.23. The molecule has 25 heavy (non-hydrogen) atoms. The smallest absolute Gasteiger partial charge is 0.282 e. The molecular formula is C19H21F2N3O. The lowest BCUT2D eigenvalue weighted by Gasteiger charge is -2.12. The Hall–Kier alpha value is -2.24. The molecule has 2 aliphatic rings. The zero-order valence-corrected chi connectivity index (χ0v) is 14.1. The first-order valence-corrected chi connectivity index (χ1v) is 8.78.